The summed E-state index contributed by atoms with van der Waals surface area (Å²) in [7, 11) is 1.56. The van der Waals surface area contributed by atoms with Crippen molar-refractivity contribution in [2.75, 3.05) is 18.9 Å². The molecule has 7 heteroatoms. The molecule has 1 amide bonds. The van der Waals surface area contributed by atoms with Gasteiger partial charge in [-0.1, -0.05) is 0 Å². The lowest BCUT2D eigenvalue weighted by Gasteiger charge is -2.03. The summed E-state index contributed by atoms with van der Waals surface area (Å²) in [5.41, 5.74) is -0.0585. The molecule has 7 nitrogen and oxygen atoms in total. The molecule has 16 heavy (non-hydrogen) atoms. The van der Waals surface area contributed by atoms with E-state index in [1.165, 1.54) is 18.3 Å². The number of hydrogen-bond acceptors (Lipinski definition) is 5. The van der Waals surface area contributed by atoms with Gasteiger partial charge < -0.3 is 10.6 Å². The number of nitro groups is 1. The fraction of sp³-hybridized carbons (Fsp3) is 0.333. The molecule has 0 radical (unpaired) electrons. The van der Waals surface area contributed by atoms with E-state index in [0.29, 0.717) is 18.8 Å². The molecule has 0 atom stereocenters. The van der Waals surface area contributed by atoms with Gasteiger partial charge in [0.05, 0.1) is 4.92 Å². The molecule has 86 valence electrons. The maximum atomic E-state index is 10.9. The van der Waals surface area contributed by atoms with Crippen LogP contribution >= 0.6 is 0 Å². The highest BCUT2D eigenvalue weighted by atomic mass is 16.6. The Labute approximate surface area is 92.0 Å². The smallest absolute Gasteiger partial charge is 0.287 e. The molecule has 2 N–H and O–H groups in total. The van der Waals surface area contributed by atoms with E-state index in [1.54, 1.807) is 7.05 Å². The van der Waals surface area contributed by atoms with Crippen molar-refractivity contribution in [1.82, 2.24) is 10.3 Å². The number of hydrogen-bond donors (Lipinski definition) is 2. The lowest BCUT2D eigenvalue weighted by Crippen LogP contribution is -2.20. The van der Waals surface area contributed by atoms with Crippen LogP contribution in [0.3, 0.4) is 0 Å². The fourth-order valence-corrected chi connectivity index (χ4v) is 1.03. The van der Waals surface area contributed by atoms with Crippen LogP contribution in [0.1, 0.15) is 6.42 Å². The number of pyridine rings is 1. The minimum Gasteiger partial charge on any atom is -0.370 e. The number of carbonyl (C=O) groups is 1. The standard InChI is InChI=1S/C9H12N4O3/c1-10-9(14)4-5-11-8-3-2-7(6-12-8)13(15)16/h2-3,6H,4-5H2,1H3,(H,10,14)(H,11,12). The van der Waals surface area contributed by atoms with E-state index in [1.807, 2.05) is 0 Å². The molecule has 0 bridgehead atoms. The normalized spacial score (nSPS) is 9.56. The van der Waals surface area contributed by atoms with Crippen molar-refractivity contribution in [3.8, 4) is 0 Å². The topological polar surface area (TPSA) is 97.2 Å². The molecule has 0 saturated carbocycles. The highest BCUT2D eigenvalue weighted by Crippen LogP contribution is 2.11. The average Bonchev–Trinajstić information content (AvgIpc) is 2.29. The third-order valence-corrected chi connectivity index (χ3v) is 1.90. The van der Waals surface area contributed by atoms with Crippen LogP contribution in [-0.4, -0.2) is 29.4 Å². The second-order valence-electron chi connectivity index (χ2n) is 3.01. The highest BCUT2D eigenvalue weighted by Gasteiger charge is 2.05. The van der Waals surface area contributed by atoms with E-state index in [0.717, 1.165) is 0 Å². The Kier molecular flexibility index (Phi) is 4.19. The minimum absolute atomic E-state index is 0.0585. The van der Waals surface area contributed by atoms with Crippen LogP contribution in [-0.2, 0) is 4.79 Å². The molecule has 0 aliphatic rings. The van der Waals surface area contributed by atoms with Gasteiger partial charge in [-0.3, -0.25) is 14.9 Å². The summed E-state index contributed by atoms with van der Waals surface area (Å²) in [5, 5.41) is 15.7. The number of aromatic nitrogens is 1. The predicted molar refractivity (Wildman–Crippen MR) is 58.1 cm³/mol. The van der Waals surface area contributed by atoms with Crippen LogP contribution < -0.4 is 10.6 Å². The number of anilines is 1. The molecule has 0 aromatic carbocycles. The number of rotatable bonds is 5. The molecule has 1 aromatic rings. The molecule has 0 spiro atoms. The van der Waals surface area contributed by atoms with Crippen LogP contribution in [0.2, 0.25) is 0 Å². The summed E-state index contributed by atoms with van der Waals surface area (Å²) in [6.07, 6.45) is 1.50. The van der Waals surface area contributed by atoms with E-state index < -0.39 is 4.92 Å². The van der Waals surface area contributed by atoms with Crippen LogP contribution in [0, 0.1) is 10.1 Å². The summed E-state index contributed by atoms with van der Waals surface area (Å²) in [4.78, 5) is 24.6. The first kappa shape index (κ1) is 11.9. The van der Waals surface area contributed by atoms with Gasteiger partial charge in [-0.05, 0) is 6.07 Å². The zero-order valence-corrected chi connectivity index (χ0v) is 8.77. The van der Waals surface area contributed by atoms with Gasteiger partial charge >= 0.3 is 0 Å². The van der Waals surface area contributed by atoms with Crippen molar-refractivity contribution in [2.24, 2.45) is 0 Å². The number of nitrogens with one attached hydrogen (secondary N) is 2. The SMILES string of the molecule is CNC(=O)CCNc1ccc([N+](=O)[O-])cn1. The Bertz CT molecular complexity index is 377. The van der Waals surface area contributed by atoms with E-state index >= 15 is 0 Å². The van der Waals surface area contributed by atoms with Gasteiger partial charge in [0.25, 0.3) is 5.69 Å². The van der Waals surface area contributed by atoms with E-state index in [4.69, 9.17) is 0 Å². The second-order valence-corrected chi connectivity index (χ2v) is 3.01. The lowest BCUT2D eigenvalue weighted by atomic mass is 10.3. The monoisotopic (exact) mass is 224 g/mol. The van der Waals surface area contributed by atoms with Crippen molar-refractivity contribution in [2.45, 2.75) is 6.42 Å². The second kappa shape index (κ2) is 5.64. The van der Waals surface area contributed by atoms with Crippen LogP contribution in [0.5, 0.6) is 0 Å². The number of carbonyl (C=O) groups excluding carboxylic acids is 1. The molecular weight excluding hydrogens is 212 g/mol. The Balaban J connectivity index is 2.43. The van der Waals surface area contributed by atoms with Crippen LogP contribution in [0.15, 0.2) is 18.3 Å². The molecule has 1 aromatic heterocycles. The molecule has 0 aliphatic heterocycles. The first-order valence-electron chi connectivity index (χ1n) is 4.68. The molecular formula is C9H12N4O3. The van der Waals surface area contributed by atoms with Gasteiger partial charge in [-0.25, -0.2) is 4.98 Å². The molecule has 0 fully saturated rings. The summed E-state index contributed by atoms with van der Waals surface area (Å²) in [6, 6.07) is 2.86. The van der Waals surface area contributed by atoms with Crippen molar-refractivity contribution in [3.05, 3.63) is 28.4 Å². The van der Waals surface area contributed by atoms with Gasteiger partial charge in [0.2, 0.25) is 5.91 Å². The number of nitrogens with zero attached hydrogens (tertiary/aromatic N) is 2. The number of amides is 1. The van der Waals surface area contributed by atoms with Gasteiger partial charge in [0.15, 0.2) is 0 Å². The molecule has 0 unspecified atom stereocenters. The van der Waals surface area contributed by atoms with Crippen molar-refractivity contribution >= 4 is 17.4 Å². The van der Waals surface area contributed by atoms with Crippen LogP contribution in [0.4, 0.5) is 11.5 Å². The fourth-order valence-electron chi connectivity index (χ4n) is 1.03. The first-order valence-corrected chi connectivity index (χ1v) is 4.68. The zero-order valence-electron chi connectivity index (χ0n) is 8.77. The van der Waals surface area contributed by atoms with Crippen molar-refractivity contribution in [3.63, 3.8) is 0 Å². The Morgan fingerprint density at radius 3 is 2.81 bits per heavy atom. The average molecular weight is 224 g/mol. The van der Waals surface area contributed by atoms with Gasteiger partial charge in [-0.2, -0.15) is 0 Å². The molecule has 0 aliphatic carbocycles. The summed E-state index contributed by atoms with van der Waals surface area (Å²) >= 11 is 0. The predicted octanol–water partition coefficient (Wildman–Crippen LogP) is 0.538. The lowest BCUT2D eigenvalue weighted by molar-refractivity contribution is -0.385. The zero-order chi connectivity index (χ0) is 12.0. The molecule has 1 rings (SSSR count). The Morgan fingerprint density at radius 2 is 2.31 bits per heavy atom. The quantitative estimate of drug-likeness (QED) is 0.562. The molecule has 0 saturated heterocycles. The minimum atomic E-state index is -0.513. The maximum Gasteiger partial charge on any atom is 0.287 e. The highest BCUT2D eigenvalue weighted by molar-refractivity contribution is 5.76. The van der Waals surface area contributed by atoms with Crippen LogP contribution in [0.25, 0.3) is 0 Å². The molecule has 1 heterocycles. The first-order chi connectivity index (χ1) is 7.63. The summed E-state index contributed by atoms with van der Waals surface area (Å²) in [5.74, 6) is 0.434. The summed E-state index contributed by atoms with van der Waals surface area (Å²) in [6.45, 7) is 0.435. The Morgan fingerprint density at radius 1 is 1.56 bits per heavy atom. The Hall–Kier alpha value is -2.18. The van der Waals surface area contributed by atoms with Crippen molar-refractivity contribution < 1.29 is 9.72 Å². The third-order valence-electron chi connectivity index (χ3n) is 1.90. The maximum absolute atomic E-state index is 10.9. The third kappa shape index (κ3) is 3.52. The van der Waals surface area contributed by atoms with Gasteiger partial charge in [0.1, 0.15) is 12.0 Å². The van der Waals surface area contributed by atoms with Gasteiger partial charge in [-0.15, -0.1) is 0 Å². The van der Waals surface area contributed by atoms with E-state index in [2.05, 4.69) is 15.6 Å². The van der Waals surface area contributed by atoms with Gasteiger partial charge in [0, 0.05) is 26.1 Å². The largest absolute Gasteiger partial charge is 0.370 e. The van der Waals surface area contributed by atoms with Crippen molar-refractivity contribution in [1.29, 1.82) is 0 Å². The van der Waals surface area contributed by atoms with E-state index in [9.17, 15) is 14.9 Å². The van der Waals surface area contributed by atoms with E-state index in [-0.39, 0.29) is 11.6 Å². The summed E-state index contributed by atoms with van der Waals surface area (Å²) < 4.78 is 0.